The lowest BCUT2D eigenvalue weighted by atomic mass is 10.2. The molecule has 0 radical (unpaired) electrons. The number of carbonyl (C=O) groups is 1. The van der Waals surface area contributed by atoms with Crippen molar-refractivity contribution in [1.82, 2.24) is 10.3 Å². The molecule has 5 heteroatoms. The third-order valence-electron chi connectivity index (χ3n) is 2.18. The van der Waals surface area contributed by atoms with Crippen LogP contribution in [-0.2, 0) is 6.54 Å². The van der Waals surface area contributed by atoms with Crippen LogP contribution in [-0.4, -0.2) is 10.9 Å². The molecule has 0 unspecified atom stereocenters. The van der Waals surface area contributed by atoms with Crippen molar-refractivity contribution in [3.8, 4) is 0 Å². The van der Waals surface area contributed by atoms with E-state index < -0.39 is 0 Å². The second-order valence-corrected chi connectivity index (χ2v) is 3.55. The fourth-order valence-corrected chi connectivity index (χ4v) is 1.34. The lowest BCUT2D eigenvalue weighted by Crippen LogP contribution is -2.22. The Labute approximate surface area is 97.5 Å². The summed E-state index contributed by atoms with van der Waals surface area (Å²) < 4.78 is 17.8. The monoisotopic (exact) mass is 234 g/mol. The van der Waals surface area contributed by atoms with Crippen molar-refractivity contribution >= 4 is 5.91 Å². The van der Waals surface area contributed by atoms with Gasteiger partial charge in [0.2, 0.25) is 5.89 Å². The normalized spacial score (nSPS) is 10.2. The molecule has 1 heterocycles. The summed E-state index contributed by atoms with van der Waals surface area (Å²) in [5.74, 6) is 0.472. The molecular weight excluding hydrogens is 223 g/mol. The predicted octanol–water partition coefficient (Wildman–Crippen LogP) is 2.05. The molecule has 0 aliphatic heterocycles. The minimum absolute atomic E-state index is 0.212. The van der Waals surface area contributed by atoms with E-state index >= 15 is 0 Å². The van der Waals surface area contributed by atoms with Crippen LogP contribution in [0.5, 0.6) is 0 Å². The Balaban J connectivity index is 1.95. The molecule has 1 aromatic heterocycles. The van der Waals surface area contributed by atoms with Crippen LogP contribution in [0, 0.1) is 12.7 Å². The Morgan fingerprint density at radius 2 is 2.12 bits per heavy atom. The summed E-state index contributed by atoms with van der Waals surface area (Å²) in [6.45, 7) is 1.99. The van der Waals surface area contributed by atoms with Crippen molar-refractivity contribution in [2.45, 2.75) is 13.5 Å². The number of nitrogens with one attached hydrogen (secondary N) is 1. The first kappa shape index (κ1) is 11.3. The van der Waals surface area contributed by atoms with E-state index in [0.29, 0.717) is 17.2 Å². The van der Waals surface area contributed by atoms with Crippen LogP contribution in [0.4, 0.5) is 4.39 Å². The van der Waals surface area contributed by atoms with Crippen molar-refractivity contribution in [2.75, 3.05) is 0 Å². The second-order valence-electron chi connectivity index (χ2n) is 3.55. The number of aryl methyl sites for hydroxylation is 1. The summed E-state index contributed by atoms with van der Waals surface area (Å²) >= 11 is 0. The van der Waals surface area contributed by atoms with Gasteiger partial charge in [0.15, 0.2) is 0 Å². The van der Waals surface area contributed by atoms with Gasteiger partial charge in [-0.1, -0.05) is 0 Å². The molecule has 2 rings (SSSR count). The number of hydrogen-bond acceptors (Lipinski definition) is 3. The summed E-state index contributed by atoms with van der Waals surface area (Å²) in [4.78, 5) is 15.6. The number of halogens is 1. The number of oxazole rings is 1. The predicted molar refractivity (Wildman–Crippen MR) is 58.8 cm³/mol. The number of nitrogens with zero attached hydrogens (tertiary/aromatic N) is 1. The zero-order chi connectivity index (χ0) is 12.3. The number of aromatic nitrogens is 1. The van der Waals surface area contributed by atoms with Crippen molar-refractivity contribution in [3.63, 3.8) is 0 Å². The van der Waals surface area contributed by atoms with Gasteiger partial charge in [0, 0.05) is 5.56 Å². The number of benzene rings is 1. The quantitative estimate of drug-likeness (QED) is 0.884. The summed E-state index contributed by atoms with van der Waals surface area (Å²) in [6.07, 6.45) is 1.58. The highest BCUT2D eigenvalue weighted by molar-refractivity contribution is 5.93. The van der Waals surface area contributed by atoms with E-state index in [-0.39, 0.29) is 18.3 Å². The van der Waals surface area contributed by atoms with Crippen LogP contribution in [0.3, 0.4) is 0 Å². The zero-order valence-electron chi connectivity index (χ0n) is 9.24. The van der Waals surface area contributed by atoms with Gasteiger partial charge < -0.3 is 9.73 Å². The lowest BCUT2D eigenvalue weighted by molar-refractivity contribution is 0.0947. The highest BCUT2D eigenvalue weighted by Gasteiger charge is 2.07. The van der Waals surface area contributed by atoms with E-state index in [1.165, 1.54) is 24.3 Å². The van der Waals surface area contributed by atoms with Crippen LogP contribution in [0.1, 0.15) is 22.0 Å². The molecule has 4 nitrogen and oxygen atoms in total. The van der Waals surface area contributed by atoms with Crippen molar-refractivity contribution < 1.29 is 13.6 Å². The average Bonchev–Trinajstić information content (AvgIpc) is 2.73. The van der Waals surface area contributed by atoms with E-state index in [0.717, 1.165) is 0 Å². The molecule has 1 amide bonds. The van der Waals surface area contributed by atoms with Gasteiger partial charge in [-0.2, -0.15) is 0 Å². The first-order chi connectivity index (χ1) is 8.15. The Kier molecular flexibility index (Phi) is 3.18. The topological polar surface area (TPSA) is 55.1 Å². The molecule has 2 aromatic rings. The van der Waals surface area contributed by atoms with Gasteiger partial charge in [-0.3, -0.25) is 4.79 Å². The zero-order valence-corrected chi connectivity index (χ0v) is 9.24. The molecule has 17 heavy (non-hydrogen) atoms. The van der Waals surface area contributed by atoms with Gasteiger partial charge in [0.25, 0.3) is 5.91 Å². The van der Waals surface area contributed by atoms with Crippen LogP contribution in [0.2, 0.25) is 0 Å². The fraction of sp³-hybridized carbons (Fsp3) is 0.167. The Bertz CT molecular complexity index is 520. The van der Waals surface area contributed by atoms with E-state index in [1.54, 1.807) is 13.1 Å². The number of rotatable bonds is 3. The lowest BCUT2D eigenvalue weighted by Gasteiger charge is -2.02. The van der Waals surface area contributed by atoms with Crippen molar-refractivity contribution in [1.29, 1.82) is 0 Å². The summed E-state index contributed by atoms with van der Waals surface area (Å²) in [6, 6.07) is 5.32. The molecule has 1 N–H and O–H groups in total. The van der Waals surface area contributed by atoms with E-state index in [9.17, 15) is 9.18 Å². The minimum Gasteiger partial charge on any atom is -0.444 e. The van der Waals surface area contributed by atoms with Gasteiger partial charge in [0.1, 0.15) is 11.6 Å². The summed E-state index contributed by atoms with van der Waals surface area (Å²) in [7, 11) is 0. The fourth-order valence-electron chi connectivity index (χ4n) is 1.34. The first-order valence-corrected chi connectivity index (χ1v) is 5.10. The standard InChI is InChI=1S/C12H11FN2O2/c1-8-6-14-11(17-8)7-15-12(16)9-2-4-10(13)5-3-9/h2-6H,7H2,1H3,(H,15,16). The second kappa shape index (κ2) is 4.78. The van der Waals surface area contributed by atoms with Crippen LogP contribution in [0.25, 0.3) is 0 Å². The summed E-state index contributed by atoms with van der Waals surface area (Å²) in [5, 5.41) is 2.63. The van der Waals surface area contributed by atoms with Gasteiger partial charge in [-0.05, 0) is 31.2 Å². The van der Waals surface area contributed by atoms with E-state index in [1.807, 2.05) is 0 Å². The Morgan fingerprint density at radius 3 is 2.71 bits per heavy atom. The smallest absolute Gasteiger partial charge is 0.251 e. The maximum absolute atomic E-state index is 12.6. The number of amides is 1. The molecule has 0 fully saturated rings. The molecular formula is C12H11FN2O2. The SMILES string of the molecule is Cc1cnc(CNC(=O)c2ccc(F)cc2)o1. The average molecular weight is 234 g/mol. The first-order valence-electron chi connectivity index (χ1n) is 5.10. The maximum atomic E-state index is 12.6. The Morgan fingerprint density at radius 1 is 1.41 bits per heavy atom. The molecule has 0 saturated heterocycles. The molecule has 0 saturated carbocycles. The molecule has 1 aromatic carbocycles. The molecule has 0 aliphatic rings. The molecule has 0 bridgehead atoms. The summed E-state index contributed by atoms with van der Waals surface area (Å²) in [5.41, 5.74) is 0.398. The third-order valence-corrected chi connectivity index (χ3v) is 2.18. The molecule has 0 aliphatic carbocycles. The Hall–Kier alpha value is -2.17. The number of carbonyl (C=O) groups excluding carboxylic acids is 1. The third kappa shape index (κ3) is 2.90. The highest BCUT2D eigenvalue weighted by Crippen LogP contribution is 2.04. The highest BCUT2D eigenvalue weighted by atomic mass is 19.1. The van der Waals surface area contributed by atoms with Crippen LogP contribution < -0.4 is 5.32 Å². The maximum Gasteiger partial charge on any atom is 0.251 e. The van der Waals surface area contributed by atoms with Gasteiger partial charge in [-0.25, -0.2) is 9.37 Å². The van der Waals surface area contributed by atoms with Gasteiger partial charge >= 0.3 is 0 Å². The van der Waals surface area contributed by atoms with Crippen LogP contribution in [0.15, 0.2) is 34.9 Å². The van der Waals surface area contributed by atoms with Gasteiger partial charge in [-0.15, -0.1) is 0 Å². The van der Waals surface area contributed by atoms with E-state index in [2.05, 4.69) is 10.3 Å². The van der Waals surface area contributed by atoms with Crippen LogP contribution >= 0.6 is 0 Å². The molecule has 88 valence electrons. The molecule has 0 spiro atoms. The number of hydrogen-bond donors (Lipinski definition) is 1. The molecule has 0 atom stereocenters. The van der Waals surface area contributed by atoms with Crippen molar-refractivity contribution in [3.05, 3.63) is 53.5 Å². The van der Waals surface area contributed by atoms with E-state index in [4.69, 9.17) is 4.42 Å². The van der Waals surface area contributed by atoms with Gasteiger partial charge in [0.05, 0.1) is 12.7 Å². The van der Waals surface area contributed by atoms with Crippen molar-refractivity contribution in [2.24, 2.45) is 0 Å². The minimum atomic E-state index is -0.370. The largest absolute Gasteiger partial charge is 0.444 e.